The molecule has 0 bridgehead atoms. The van der Waals surface area contributed by atoms with Crippen molar-refractivity contribution in [3.63, 3.8) is 0 Å². The van der Waals surface area contributed by atoms with Crippen molar-refractivity contribution in [2.75, 3.05) is 0 Å². The van der Waals surface area contributed by atoms with Crippen molar-refractivity contribution in [3.05, 3.63) is 53.3 Å². The molecule has 0 aliphatic rings. The van der Waals surface area contributed by atoms with Crippen molar-refractivity contribution in [1.82, 2.24) is 15.1 Å². The molecule has 0 saturated carbocycles. The number of rotatable bonds is 6. The molecule has 4 heteroatoms. The van der Waals surface area contributed by atoms with Crippen LogP contribution in [0.1, 0.15) is 54.7 Å². The van der Waals surface area contributed by atoms with Crippen LogP contribution in [-0.2, 0) is 13.5 Å². The molecule has 2 aromatic rings. The molecule has 1 N–H and O–H groups in total. The SMILES string of the molecule is CCCc1ccc([C@@H](NC(=O)c2cnn(C)c2)C(C)C)cc1. The number of aryl methyl sites for hydroxylation is 2. The van der Waals surface area contributed by atoms with Gasteiger partial charge in [-0.15, -0.1) is 0 Å². The minimum absolute atomic E-state index is 0.00313. The zero-order chi connectivity index (χ0) is 16.1. The predicted octanol–water partition coefficient (Wildman–Crippen LogP) is 3.50. The van der Waals surface area contributed by atoms with Crippen LogP contribution in [0.2, 0.25) is 0 Å². The summed E-state index contributed by atoms with van der Waals surface area (Å²) in [5.74, 6) is 0.238. The summed E-state index contributed by atoms with van der Waals surface area (Å²) in [6.45, 7) is 6.42. The second-order valence-electron chi connectivity index (χ2n) is 6.09. The van der Waals surface area contributed by atoms with E-state index < -0.39 is 0 Å². The third-order valence-corrected chi connectivity index (χ3v) is 3.80. The maximum atomic E-state index is 12.4. The van der Waals surface area contributed by atoms with Crippen LogP contribution in [0.3, 0.4) is 0 Å². The van der Waals surface area contributed by atoms with E-state index >= 15 is 0 Å². The van der Waals surface area contributed by atoms with Gasteiger partial charge in [0.25, 0.3) is 5.91 Å². The van der Waals surface area contributed by atoms with E-state index in [1.54, 1.807) is 17.1 Å². The summed E-state index contributed by atoms with van der Waals surface area (Å²) < 4.78 is 1.64. The van der Waals surface area contributed by atoms with Crippen LogP contribution in [0, 0.1) is 5.92 Å². The molecule has 1 aromatic heterocycles. The van der Waals surface area contributed by atoms with Crippen LogP contribution in [0.4, 0.5) is 0 Å². The van der Waals surface area contributed by atoms with Crippen LogP contribution >= 0.6 is 0 Å². The van der Waals surface area contributed by atoms with Crippen LogP contribution in [-0.4, -0.2) is 15.7 Å². The summed E-state index contributed by atoms with van der Waals surface area (Å²) in [4.78, 5) is 12.4. The summed E-state index contributed by atoms with van der Waals surface area (Å²) in [6.07, 6.45) is 5.56. The fourth-order valence-corrected chi connectivity index (χ4v) is 2.58. The predicted molar refractivity (Wildman–Crippen MR) is 88.7 cm³/mol. The molecule has 0 radical (unpaired) electrons. The van der Waals surface area contributed by atoms with Crippen LogP contribution in [0.15, 0.2) is 36.7 Å². The molecule has 0 spiro atoms. The standard InChI is InChI=1S/C18H25N3O/c1-5-6-14-7-9-15(10-8-14)17(13(2)3)20-18(22)16-11-19-21(4)12-16/h7-13,17H,5-6H2,1-4H3,(H,20,22)/t17-/m0/s1. The van der Waals surface area contributed by atoms with Gasteiger partial charge < -0.3 is 5.32 Å². The first-order valence-electron chi connectivity index (χ1n) is 7.89. The maximum Gasteiger partial charge on any atom is 0.254 e. The molecule has 1 heterocycles. The highest BCUT2D eigenvalue weighted by molar-refractivity contribution is 5.93. The van der Waals surface area contributed by atoms with Crippen molar-refractivity contribution in [1.29, 1.82) is 0 Å². The Morgan fingerprint density at radius 2 is 1.95 bits per heavy atom. The van der Waals surface area contributed by atoms with Gasteiger partial charge >= 0.3 is 0 Å². The highest BCUT2D eigenvalue weighted by atomic mass is 16.1. The van der Waals surface area contributed by atoms with Gasteiger partial charge in [-0.25, -0.2) is 0 Å². The molecule has 22 heavy (non-hydrogen) atoms. The van der Waals surface area contributed by atoms with Gasteiger partial charge in [-0.2, -0.15) is 5.10 Å². The summed E-state index contributed by atoms with van der Waals surface area (Å²) >= 11 is 0. The zero-order valence-electron chi connectivity index (χ0n) is 13.8. The van der Waals surface area contributed by atoms with E-state index in [2.05, 4.69) is 55.5 Å². The average molecular weight is 299 g/mol. The monoisotopic (exact) mass is 299 g/mol. The summed E-state index contributed by atoms with van der Waals surface area (Å²) in [5, 5.41) is 7.17. The number of amides is 1. The molecule has 0 aliphatic carbocycles. The molecule has 0 unspecified atom stereocenters. The smallest absolute Gasteiger partial charge is 0.254 e. The van der Waals surface area contributed by atoms with Gasteiger partial charge in [-0.3, -0.25) is 9.48 Å². The topological polar surface area (TPSA) is 46.9 Å². The minimum atomic E-state index is -0.0792. The highest BCUT2D eigenvalue weighted by Crippen LogP contribution is 2.23. The molecule has 1 atom stereocenters. The van der Waals surface area contributed by atoms with E-state index in [9.17, 15) is 4.79 Å². The lowest BCUT2D eigenvalue weighted by molar-refractivity contribution is 0.0925. The number of aromatic nitrogens is 2. The Bertz CT molecular complexity index is 614. The van der Waals surface area contributed by atoms with Gasteiger partial charge in [0.15, 0.2) is 0 Å². The van der Waals surface area contributed by atoms with E-state index in [0.717, 1.165) is 18.4 Å². The molecular weight excluding hydrogens is 274 g/mol. The van der Waals surface area contributed by atoms with Crippen molar-refractivity contribution < 1.29 is 4.79 Å². The Hall–Kier alpha value is -2.10. The fourth-order valence-electron chi connectivity index (χ4n) is 2.58. The van der Waals surface area contributed by atoms with Gasteiger partial charge in [0.05, 0.1) is 17.8 Å². The van der Waals surface area contributed by atoms with Gasteiger partial charge in [0.1, 0.15) is 0 Å². The van der Waals surface area contributed by atoms with E-state index in [1.165, 1.54) is 5.56 Å². The van der Waals surface area contributed by atoms with Crippen molar-refractivity contribution >= 4 is 5.91 Å². The molecule has 1 aromatic carbocycles. The largest absolute Gasteiger partial charge is 0.345 e. The minimum Gasteiger partial charge on any atom is -0.345 e. The average Bonchev–Trinajstić information content (AvgIpc) is 2.92. The Labute approximate surface area is 132 Å². The van der Waals surface area contributed by atoms with Gasteiger partial charge in [0.2, 0.25) is 0 Å². The van der Waals surface area contributed by atoms with E-state index in [-0.39, 0.29) is 11.9 Å². The lowest BCUT2D eigenvalue weighted by Gasteiger charge is -2.23. The van der Waals surface area contributed by atoms with Crippen molar-refractivity contribution in [2.24, 2.45) is 13.0 Å². The van der Waals surface area contributed by atoms with Gasteiger partial charge in [-0.05, 0) is 23.5 Å². The van der Waals surface area contributed by atoms with E-state index in [1.807, 2.05) is 7.05 Å². The second-order valence-corrected chi connectivity index (χ2v) is 6.09. The van der Waals surface area contributed by atoms with E-state index in [4.69, 9.17) is 0 Å². The Kier molecular flexibility index (Phi) is 5.36. The highest BCUT2D eigenvalue weighted by Gasteiger charge is 2.19. The van der Waals surface area contributed by atoms with E-state index in [0.29, 0.717) is 11.5 Å². The molecular formula is C18H25N3O. The molecule has 0 aliphatic heterocycles. The first kappa shape index (κ1) is 16.3. The lowest BCUT2D eigenvalue weighted by Crippen LogP contribution is -2.31. The summed E-state index contributed by atoms with van der Waals surface area (Å²) in [5.41, 5.74) is 3.08. The van der Waals surface area contributed by atoms with Crippen LogP contribution in [0.25, 0.3) is 0 Å². The first-order valence-corrected chi connectivity index (χ1v) is 7.89. The van der Waals surface area contributed by atoms with Gasteiger partial charge in [-0.1, -0.05) is 51.5 Å². The van der Waals surface area contributed by atoms with Crippen LogP contribution in [0.5, 0.6) is 0 Å². The number of hydrogen-bond acceptors (Lipinski definition) is 2. The third kappa shape index (κ3) is 3.97. The quantitative estimate of drug-likeness (QED) is 0.887. The number of benzene rings is 1. The zero-order valence-corrected chi connectivity index (χ0v) is 13.8. The summed E-state index contributed by atoms with van der Waals surface area (Å²) in [7, 11) is 1.81. The fraction of sp³-hybridized carbons (Fsp3) is 0.444. The number of hydrogen-bond donors (Lipinski definition) is 1. The van der Waals surface area contributed by atoms with Gasteiger partial charge in [0, 0.05) is 13.2 Å². The molecule has 1 amide bonds. The van der Waals surface area contributed by atoms with Crippen molar-refractivity contribution in [3.8, 4) is 0 Å². The van der Waals surface area contributed by atoms with Crippen molar-refractivity contribution in [2.45, 2.75) is 39.7 Å². The van der Waals surface area contributed by atoms with Crippen LogP contribution < -0.4 is 5.32 Å². The lowest BCUT2D eigenvalue weighted by atomic mass is 9.94. The number of carbonyl (C=O) groups is 1. The number of nitrogens with one attached hydrogen (secondary N) is 1. The Morgan fingerprint density at radius 1 is 1.27 bits per heavy atom. The Balaban J connectivity index is 2.14. The normalized spacial score (nSPS) is 12.4. The number of carbonyl (C=O) groups excluding carboxylic acids is 1. The molecule has 2 rings (SSSR count). The Morgan fingerprint density at radius 3 is 2.45 bits per heavy atom. The first-order chi connectivity index (χ1) is 10.5. The second kappa shape index (κ2) is 7.25. The summed E-state index contributed by atoms with van der Waals surface area (Å²) in [6, 6.07) is 8.57. The molecule has 0 saturated heterocycles. The molecule has 4 nitrogen and oxygen atoms in total. The number of nitrogens with zero attached hydrogens (tertiary/aromatic N) is 2. The third-order valence-electron chi connectivity index (χ3n) is 3.80. The molecule has 0 fully saturated rings. The maximum absolute atomic E-state index is 12.4. The molecule has 118 valence electrons.